The lowest BCUT2D eigenvalue weighted by molar-refractivity contribution is 0.0650. The van der Waals surface area contributed by atoms with Crippen LogP contribution in [0.15, 0.2) is 30.3 Å². The van der Waals surface area contributed by atoms with Crippen molar-refractivity contribution in [3.63, 3.8) is 0 Å². The van der Waals surface area contributed by atoms with Gasteiger partial charge in [0.15, 0.2) is 0 Å². The molecule has 0 aromatic heterocycles. The molecule has 2 fully saturated rings. The van der Waals surface area contributed by atoms with Crippen LogP contribution >= 0.6 is 11.6 Å². The third kappa shape index (κ3) is 6.83. The molecule has 1 atom stereocenters. The van der Waals surface area contributed by atoms with Gasteiger partial charge in [-0.1, -0.05) is 11.6 Å². The van der Waals surface area contributed by atoms with Crippen molar-refractivity contribution in [3.05, 3.63) is 52.3 Å². The molecule has 4 rings (SSSR count). The molecule has 0 aliphatic carbocycles. The van der Waals surface area contributed by atoms with E-state index in [2.05, 4.69) is 10.6 Å². The molecule has 2 aromatic carbocycles. The lowest BCUT2D eigenvalue weighted by Gasteiger charge is -2.31. The average molecular weight is 548 g/mol. The third-order valence-electron chi connectivity index (χ3n) is 7.17. The van der Waals surface area contributed by atoms with Gasteiger partial charge in [0, 0.05) is 62.0 Å². The molecule has 0 saturated carbocycles. The van der Waals surface area contributed by atoms with Crippen molar-refractivity contribution in [3.8, 4) is 16.9 Å². The highest BCUT2D eigenvalue weighted by molar-refractivity contribution is 6.34. The highest BCUT2D eigenvalue weighted by Gasteiger charge is 2.26. The average Bonchev–Trinajstić information content (AvgIpc) is 2.94. The second-order valence-electron chi connectivity index (χ2n) is 9.88. The van der Waals surface area contributed by atoms with E-state index in [0.717, 1.165) is 32.2 Å². The minimum atomic E-state index is -0.561. The van der Waals surface area contributed by atoms with Gasteiger partial charge in [0.25, 0.3) is 11.8 Å². The Hall–Kier alpha value is -2.72. The van der Waals surface area contributed by atoms with Gasteiger partial charge in [0.05, 0.1) is 17.2 Å². The van der Waals surface area contributed by atoms with E-state index >= 15 is 4.39 Å². The molecule has 0 unspecified atom stereocenters. The van der Waals surface area contributed by atoms with Crippen LogP contribution in [0.3, 0.4) is 0 Å². The molecule has 38 heavy (non-hydrogen) atoms. The summed E-state index contributed by atoms with van der Waals surface area (Å²) >= 11 is 6.54. The normalized spacial score (nSPS) is 18.3. The van der Waals surface area contributed by atoms with Crippen LogP contribution < -0.4 is 15.4 Å². The third-order valence-corrected chi connectivity index (χ3v) is 7.48. The smallest absolute Gasteiger partial charge is 0.253 e. The topological polar surface area (TPSA) is 111 Å². The number of piperidine rings is 2. The first-order valence-electron chi connectivity index (χ1n) is 13.2. The number of carbonyl (C=O) groups is 2. The largest absolute Gasteiger partial charge is 0.493 e. The number of ether oxygens (including phenoxy) is 1. The van der Waals surface area contributed by atoms with Crippen LogP contribution in [-0.2, 0) is 0 Å². The molecule has 4 N–H and O–H groups in total. The first kappa shape index (κ1) is 28.3. The zero-order valence-electron chi connectivity index (χ0n) is 21.3. The SMILES string of the molecule is O=C(N[C@@H]1CCCNC1)c1cc(OCCCO)c(-c2cc(C(=O)N3CCC(CO)CC3)ccc2F)cc1Cl. The van der Waals surface area contributed by atoms with Gasteiger partial charge in [-0.2, -0.15) is 0 Å². The number of hydrogen-bond donors (Lipinski definition) is 4. The van der Waals surface area contributed by atoms with Crippen LogP contribution in [0.5, 0.6) is 5.75 Å². The number of aliphatic hydroxyl groups is 2. The highest BCUT2D eigenvalue weighted by Crippen LogP contribution is 2.37. The van der Waals surface area contributed by atoms with Crippen LogP contribution in [0.25, 0.3) is 11.1 Å². The molecule has 8 nitrogen and oxygen atoms in total. The molecule has 0 spiro atoms. The summed E-state index contributed by atoms with van der Waals surface area (Å²) in [7, 11) is 0. The fourth-order valence-electron chi connectivity index (χ4n) is 4.91. The van der Waals surface area contributed by atoms with Gasteiger partial charge in [0.1, 0.15) is 11.6 Å². The van der Waals surface area contributed by atoms with E-state index in [0.29, 0.717) is 37.2 Å². The number of halogens is 2. The zero-order chi connectivity index (χ0) is 27.1. The summed E-state index contributed by atoms with van der Waals surface area (Å²) in [6, 6.07) is 7.14. The summed E-state index contributed by atoms with van der Waals surface area (Å²) in [5.74, 6) is -0.698. The van der Waals surface area contributed by atoms with E-state index < -0.39 is 5.82 Å². The lowest BCUT2D eigenvalue weighted by Crippen LogP contribution is -2.45. The number of benzene rings is 2. The molecule has 2 aromatic rings. The summed E-state index contributed by atoms with van der Waals surface area (Å²) in [5.41, 5.74) is 0.979. The second kappa shape index (κ2) is 13.4. The van der Waals surface area contributed by atoms with Gasteiger partial charge >= 0.3 is 0 Å². The van der Waals surface area contributed by atoms with E-state index in [1.54, 1.807) is 4.90 Å². The molecule has 2 aliphatic heterocycles. The van der Waals surface area contributed by atoms with Crippen molar-refractivity contribution in [2.24, 2.45) is 5.92 Å². The second-order valence-corrected chi connectivity index (χ2v) is 10.3. The Bertz CT molecular complexity index is 1130. The number of carbonyl (C=O) groups excluding carboxylic acids is 2. The molecule has 2 aliphatic rings. The Labute approximate surface area is 227 Å². The van der Waals surface area contributed by atoms with Crippen molar-refractivity contribution in [1.82, 2.24) is 15.5 Å². The predicted octanol–water partition coefficient (Wildman–Crippen LogP) is 3.23. The molecule has 2 amide bonds. The standard InChI is InChI=1S/C28H35ClFN3O5/c29-24-14-22(21-13-19(4-5-25(21)30)28(37)33-9-6-18(17-35)7-10-33)26(38-12-2-11-34)15-23(24)27(36)32-20-3-1-8-31-16-20/h4-5,13-15,18,20,31,34-35H,1-3,6-12,16-17H2,(H,32,36)/t20-/m1/s1. The highest BCUT2D eigenvalue weighted by atomic mass is 35.5. The molecule has 0 bridgehead atoms. The molecule has 10 heteroatoms. The molecular weight excluding hydrogens is 513 g/mol. The Morgan fingerprint density at radius 2 is 1.92 bits per heavy atom. The number of nitrogens with one attached hydrogen (secondary N) is 2. The number of aliphatic hydroxyl groups excluding tert-OH is 2. The first-order valence-corrected chi connectivity index (χ1v) is 13.6. The van der Waals surface area contributed by atoms with Gasteiger partial charge in [-0.25, -0.2) is 4.39 Å². The van der Waals surface area contributed by atoms with E-state index in [1.165, 1.54) is 30.3 Å². The molecular formula is C28H35ClFN3O5. The number of hydrogen-bond acceptors (Lipinski definition) is 6. The quantitative estimate of drug-likeness (QED) is 0.359. The fraction of sp³-hybridized carbons (Fsp3) is 0.500. The van der Waals surface area contributed by atoms with Crippen LogP contribution in [0.2, 0.25) is 5.02 Å². The zero-order valence-corrected chi connectivity index (χ0v) is 22.1. The van der Waals surface area contributed by atoms with E-state index in [1.807, 2.05) is 0 Å². The summed E-state index contributed by atoms with van der Waals surface area (Å²) < 4.78 is 21.0. The van der Waals surface area contributed by atoms with Crippen LogP contribution in [0.1, 0.15) is 52.8 Å². The van der Waals surface area contributed by atoms with Crippen molar-refractivity contribution in [1.29, 1.82) is 0 Å². The van der Waals surface area contributed by atoms with E-state index in [4.69, 9.17) is 16.3 Å². The minimum Gasteiger partial charge on any atom is -0.493 e. The van der Waals surface area contributed by atoms with Crippen LogP contribution in [0.4, 0.5) is 4.39 Å². The van der Waals surface area contributed by atoms with Gasteiger partial charge in [-0.15, -0.1) is 0 Å². The minimum absolute atomic E-state index is 0.0201. The molecule has 2 saturated heterocycles. The van der Waals surface area contributed by atoms with E-state index in [9.17, 15) is 19.8 Å². The number of likely N-dealkylation sites (tertiary alicyclic amines) is 1. The Kier molecular flexibility index (Phi) is 9.96. The lowest BCUT2D eigenvalue weighted by atomic mass is 9.96. The number of amides is 2. The summed E-state index contributed by atoms with van der Waals surface area (Å²) in [5, 5.41) is 25.0. The number of rotatable bonds is 9. The monoisotopic (exact) mass is 547 g/mol. The Balaban J connectivity index is 1.63. The van der Waals surface area contributed by atoms with Gasteiger partial charge < -0.3 is 30.5 Å². The predicted molar refractivity (Wildman–Crippen MR) is 143 cm³/mol. The van der Waals surface area contributed by atoms with Crippen molar-refractivity contribution in [2.75, 3.05) is 46.0 Å². The van der Waals surface area contributed by atoms with E-state index in [-0.39, 0.29) is 65.5 Å². The Morgan fingerprint density at radius 1 is 1.13 bits per heavy atom. The molecule has 2 heterocycles. The van der Waals surface area contributed by atoms with Gasteiger partial charge in [-0.05, 0) is 68.5 Å². The van der Waals surface area contributed by atoms with Crippen LogP contribution in [0, 0.1) is 11.7 Å². The first-order chi connectivity index (χ1) is 18.4. The van der Waals surface area contributed by atoms with Crippen molar-refractivity contribution >= 4 is 23.4 Å². The summed E-state index contributed by atoms with van der Waals surface area (Å²) in [6.07, 6.45) is 3.60. The maximum atomic E-state index is 15.1. The fourth-order valence-corrected chi connectivity index (χ4v) is 5.16. The molecule has 206 valence electrons. The van der Waals surface area contributed by atoms with Gasteiger partial charge in [-0.3, -0.25) is 9.59 Å². The van der Waals surface area contributed by atoms with Gasteiger partial charge in [0.2, 0.25) is 0 Å². The van der Waals surface area contributed by atoms with Crippen molar-refractivity contribution in [2.45, 2.75) is 38.1 Å². The maximum Gasteiger partial charge on any atom is 0.253 e. The van der Waals surface area contributed by atoms with Crippen LogP contribution in [-0.4, -0.2) is 79.0 Å². The summed E-state index contributed by atoms with van der Waals surface area (Å²) in [6.45, 7) is 2.81. The maximum absolute atomic E-state index is 15.1. The molecule has 0 radical (unpaired) electrons. The van der Waals surface area contributed by atoms with Crippen molar-refractivity contribution < 1.29 is 28.9 Å². The summed E-state index contributed by atoms with van der Waals surface area (Å²) in [4.78, 5) is 27.9. The Morgan fingerprint density at radius 3 is 2.61 bits per heavy atom. The number of nitrogens with zero attached hydrogens (tertiary/aromatic N) is 1.